The topological polar surface area (TPSA) is 46.6 Å². The lowest BCUT2D eigenvalue weighted by atomic mass is 9.99. The molecule has 1 aliphatic rings. The van der Waals surface area contributed by atoms with Gasteiger partial charge >= 0.3 is 0 Å². The summed E-state index contributed by atoms with van der Waals surface area (Å²) in [5.41, 5.74) is 1.12. The molecule has 2 aromatic rings. The summed E-state index contributed by atoms with van der Waals surface area (Å²) in [5.74, 6) is 1.28. The third-order valence-electron chi connectivity index (χ3n) is 4.28. The molecule has 0 aliphatic carbocycles. The maximum absolute atomic E-state index is 12.6. The van der Waals surface area contributed by atoms with Crippen LogP contribution in [0.4, 0.5) is 0 Å². The Morgan fingerprint density at radius 2 is 1.92 bits per heavy atom. The van der Waals surface area contributed by atoms with Gasteiger partial charge in [-0.25, -0.2) is 8.42 Å². The van der Waals surface area contributed by atoms with Crippen molar-refractivity contribution in [1.82, 2.24) is 4.31 Å². The number of para-hydroxylation sites is 1. The van der Waals surface area contributed by atoms with Crippen LogP contribution in [0, 0.1) is 12.8 Å². The quantitative estimate of drug-likeness (QED) is 0.775. The molecule has 1 aliphatic heterocycles. The summed E-state index contributed by atoms with van der Waals surface area (Å²) in [6, 6.07) is 11.1. The molecule has 1 saturated heterocycles. The van der Waals surface area contributed by atoms with Crippen LogP contribution in [0.2, 0.25) is 4.34 Å². The van der Waals surface area contributed by atoms with E-state index in [0.717, 1.165) is 35.5 Å². The zero-order valence-electron chi connectivity index (χ0n) is 13.4. The molecule has 0 amide bonds. The molecule has 24 heavy (non-hydrogen) atoms. The average Bonchev–Trinajstić information content (AvgIpc) is 3.02. The first-order valence-electron chi connectivity index (χ1n) is 7.91. The lowest BCUT2D eigenvalue weighted by molar-refractivity contribution is 0.185. The Hall–Kier alpha value is -1.08. The Morgan fingerprint density at radius 1 is 1.21 bits per heavy atom. The van der Waals surface area contributed by atoms with Crippen LogP contribution in [0.3, 0.4) is 0 Å². The van der Waals surface area contributed by atoms with Gasteiger partial charge in [-0.3, -0.25) is 0 Å². The number of hydrogen-bond acceptors (Lipinski definition) is 4. The zero-order chi connectivity index (χ0) is 17.2. The summed E-state index contributed by atoms with van der Waals surface area (Å²) in [5, 5.41) is 0. The Bertz CT molecular complexity index is 796. The lowest BCUT2D eigenvalue weighted by Crippen LogP contribution is -2.39. The largest absolute Gasteiger partial charge is 0.493 e. The monoisotopic (exact) mass is 385 g/mol. The van der Waals surface area contributed by atoms with Gasteiger partial charge in [0.2, 0.25) is 0 Å². The van der Waals surface area contributed by atoms with E-state index in [-0.39, 0.29) is 0 Å². The van der Waals surface area contributed by atoms with Gasteiger partial charge < -0.3 is 4.74 Å². The van der Waals surface area contributed by atoms with Gasteiger partial charge in [0.05, 0.1) is 10.9 Å². The molecule has 0 unspecified atom stereocenters. The van der Waals surface area contributed by atoms with Crippen molar-refractivity contribution in [3.8, 4) is 5.75 Å². The number of sulfonamides is 1. The van der Waals surface area contributed by atoms with Crippen LogP contribution in [0.15, 0.2) is 40.6 Å². The molecule has 1 aromatic heterocycles. The van der Waals surface area contributed by atoms with E-state index in [4.69, 9.17) is 16.3 Å². The van der Waals surface area contributed by atoms with Gasteiger partial charge in [-0.15, -0.1) is 11.3 Å². The first-order valence-corrected chi connectivity index (χ1v) is 10.5. The SMILES string of the molecule is Cc1ccccc1OCC1CCN(S(=O)(=O)c2ccc(Cl)s2)CC1. The Labute approximate surface area is 152 Å². The molecule has 1 fully saturated rings. The van der Waals surface area contributed by atoms with Crippen LogP contribution < -0.4 is 4.74 Å². The summed E-state index contributed by atoms with van der Waals surface area (Å²) in [7, 11) is -3.41. The van der Waals surface area contributed by atoms with Crippen molar-refractivity contribution in [1.29, 1.82) is 0 Å². The van der Waals surface area contributed by atoms with Crippen molar-refractivity contribution in [2.75, 3.05) is 19.7 Å². The van der Waals surface area contributed by atoms with Gasteiger partial charge in [0.25, 0.3) is 10.0 Å². The zero-order valence-corrected chi connectivity index (χ0v) is 15.8. The fraction of sp³-hybridized carbons (Fsp3) is 0.412. The second-order valence-corrected chi connectivity index (χ2v) is 9.86. The van der Waals surface area contributed by atoms with Crippen molar-refractivity contribution in [2.24, 2.45) is 5.92 Å². The molecule has 0 bridgehead atoms. The first-order chi connectivity index (χ1) is 11.5. The fourth-order valence-corrected chi connectivity index (χ4v) is 5.91. The van der Waals surface area contributed by atoms with Crippen LogP contribution in [0.5, 0.6) is 5.75 Å². The molecule has 4 nitrogen and oxygen atoms in total. The fourth-order valence-electron chi connectivity index (χ4n) is 2.81. The molecular weight excluding hydrogens is 366 g/mol. The van der Waals surface area contributed by atoms with E-state index in [1.165, 1.54) is 0 Å². The maximum atomic E-state index is 12.6. The maximum Gasteiger partial charge on any atom is 0.252 e. The molecule has 0 N–H and O–H groups in total. The van der Waals surface area contributed by atoms with Gasteiger partial charge in [-0.2, -0.15) is 4.31 Å². The highest BCUT2D eigenvalue weighted by Crippen LogP contribution is 2.30. The van der Waals surface area contributed by atoms with Crippen LogP contribution in [0.1, 0.15) is 18.4 Å². The Morgan fingerprint density at radius 3 is 2.54 bits per heavy atom. The summed E-state index contributed by atoms with van der Waals surface area (Å²) < 4.78 is 33.4. The lowest BCUT2D eigenvalue weighted by Gasteiger charge is -2.30. The molecule has 0 saturated carbocycles. The minimum Gasteiger partial charge on any atom is -0.493 e. The van der Waals surface area contributed by atoms with Gasteiger partial charge in [-0.1, -0.05) is 29.8 Å². The minimum absolute atomic E-state index is 0.321. The summed E-state index contributed by atoms with van der Waals surface area (Å²) >= 11 is 6.97. The predicted octanol–water partition coefficient (Wildman–Crippen LogP) is 4.19. The highest BCUT2D eigenvalue weighted by Gasteiger charge is 2.30. The van der Waals surface area contributed by atoms with E-state index >= 15 is 0 Å². The molecule has 0 spiro atoms. The van der Waals surface area contributed by atoms with Crippen molar-refractivity contribution >= 4 is 33.0 Å². The van der Waals surface area contributed by atoms with E-state index in [1.54, 1.807) is 16.4 Å². The normalized spacial score (nSPS) is 17.1. The van der Waals surface area contributed by atoms with Crippen LogP contribution in [0.25, 0.3) is 0 Å². The number of piperidine rings is 1. The summed E-state index contributed by atoms with van der Waals surface area (Å²) in [4.78, 5) is 0. The van der Waals surface area contributed by atoms with E-state index < -0.39 is 10.0 Å². The van der Waals surface area contributed by atoms with Gasteiger partial charge in [0, 0.05) is 13.1 Å². The van der Waals surface area contributed by atoms with E-state index in [1.807, 2.05) is 31.2 Å². The number of halogens is 1. The molecule has 0 radical (unpaired) electrons. The number of benzene rings is 1. The van der Waals surface area contributed by atoms with Crippen molar-refractivity contribution in [2.45, 2.75) is 24.0 Å². The molecule has 1 aromatic carbocycles. The molecule has 3 rings (SSSR count). The molecule has 7 heteroatoms. The Balaban J connectivity index is 1.55. The number of thiophene rings is 1. The third-order valence-corrected chi connectivity index (χ3v) is 7.88. The second-order valence-electron chi connectivity index (χ2n) is 5.98. The standard InChI is InChI=1S/C17H20ClNO3S2/c1-13-4-2-3-5-15(13)22-12-14-8-10-19(11-9-14)24(20,21)17-7-6-16(18)23-17/h2-7,14H,8-12H2,1H3. The van der Waals surface area contributed by atoms with Crippen molar-refractivity contribution in [3.05, 3.63) is 46.3 Å². The Kier molecular flexibility index (Phi) is 5.49. The number of nitrogens with zero attached hydrogens (tertiary/aromatic N) is 1. The van der Waals surface area contributed by atoms with Crippen LogP contribution in [-0.4, -0.2) is 32.4 Å². The molecule has 130 valence electrons. The van der Waals surface area contributed by atoms with Gasteiger partial charge in [0.15, 0.2) is 0 Å². The molecule has 2 heterocycles. The molecular formula is C17H20ClNO3S2. The summed E-state index contributed by atoms with van der Waals surface area (Å²) in [6.07, 6.45) is 1.62. The molecule has 0 atom stereocenters. The van der Waals surface area contributed by atoms with Crippen molar-refractivity contribution in [3.63, 3.8) is 0 Å². The predicted molar refractivity (Wildman–Crippen MR) is 97.5 cm³/mol. The van der Waals surface area contributed by atoms with Crippen LogP contribution in [-0.2, 0) is 10.0 Å². The third kappa shape index (κ3) is 3.94. The van der Waals surface area contributed by atoms with Gasteiger partial charge in [0.1, 0.15) is 9.96 Å². The second kappa shape index (κ2) is 7.44. The number of ether oxygens (including phenoxy) is 1. The smallest absolute Gasteiger partial charge is 0.252 e. The highest BCUT2D eigenvalue weighted by atomic mass is 35.5. The van der Waals surface area contributed by atoms with Crippen molar-refractivity contribution < 1.29 is 13.2 Å². The average molecular weight is 386 g/mol. The van der Waals surface area contributed by atoms with Crippen LogP contribution >= 0.6 is 22.9 Å². The number of rotatable bonds is 5. The van der Waals surface area contributed by atoms with E-state index in [2.05, 4.69) is 0 Å². The van der Waals surface area contributed by atoms with E-state index in [9.17, 15) is 8.42 Å². The van der Waals surface area contributed by atoms with Gasteiger partial charge in [-0.05, 0) is 49.4 Å². The number of aryl methyl sites for hydroxylation is 1. The summed E-state index contributed by atoms with van der Waals surface area (Å²) in [6.45, 7) is 3.71. The first kappa shape index (κ1) is 17.7. The number of hydrogen-bond donors (Lipinski definition) is 0. The van der Waals surface area contributed by atoms with E-state index in [0.29, 0.717) is 34.2 Å². The highest BCUT2D eigenvalue weighted by molar-refractivity contribution is 7.91. The minimum atomic E-state index is -3.41.